The van der Waals surface area contributed by atoms with Crippen LogP contribution in [0.15, 0.2) is 70.9 Å². The second kappa shape index (κ2) is 8.35. The molecule has 2 atom stereocenters. The lowest BCUT2D eigenvalue weighted by molar-refractivity contribution is -0.385. The summed E-state index contributed by atoms with van der Waals surface area (Å²) < 4.78 is 5.52. The number of hydrogen-bond acceptors (Lipinski definition) is 7. The third kappa shape index (κ3) is 3.84. The molecular weight excluding hydrogens is 418 g/mol. The number of esters is 1. The number of nitro groups is 1. The number of nitrogens with zero attached hydrogens (tertiary/aromatic N) is 3. The summed E-state index contributed by atoms with van der Waals surface area (Å²) >= 11 is 1.27. The van der Waals surface area contributed by atoms with Gasteiger partial charge in [0.1, 0.15) is 12.6 Å². The smallest absolute Gasteiger partial charge is 0.338 e. The molecule has 0 spiro atoms. The quantitative estimate of drug-likeness (QED) is 0.398. The summed E-state index contributed by atoms with van der Waals surface area (Å²) in [7, 11) is 0. The number of ether oxygens (including phenoxy) is 1. The summed E-state index contributed by atoms with van der Waals surface area (Å²) in [5.41, 5.74) is 1.37. The van der Waals surface area contributed by atoms with Crippen LogP contribution in [0.25, 0.3) is 0 Å². The first-order valence-electron chi connectivity index (χ1n) is 9.62. The standard InChI is InChI=1S/C22H19N3O5S/c1-13-18(21(27)30-12-15-8-4-3-5-9-15)19(16-10-6-7-11-17(16)25(28)29)24-20(26)14(2)31-22(24)23-13/h3-11,14,19H,12H2,1-2H3. The summed E-state index contributed by atoms with van der Waals surface area (Å²) in [6.07, 6.45) is 0. The first-order chi connectivity index (χ1) is 14.9. The maximum absolute atomic E-state index is 13.2. The van der Waals surface area contributed by atoms with Crippen molar-refractivity contribution in [2.45, 2.75) is 31.7 Å². The summed E-state index contributed by atoms with van der Waals surface area (Å²) in [5, 5.41) is 11.7. The highest BCUT2D eigenvalue weighted by atomic mass is 32.2. The van der Waals surface area contributed by atoms with Crippen LogP contribution in [0.4, 0.5) is 5.69 Å². The molecule has 4 rings (SSSR count). The van der Waals surface area contributed by atoms with E-state index in [4.69, 9.17) is 4.74 Å². The zero-order valence-corrected chi connectivity index (χ0v) is 17.7. The number of carbonyl (C=O) groups is 2. The van der Waals surface area contributed by atoms with E-state index in [0.29, 0.717) is 10.9 Å². The minimum absolute atomic E-state index is 0.0374. The first kappa shape index (κ1) is 20.8. The lowest BCUT2D eigenvalue weighted by atomic mass is 9.93. The molecule has 1 fully saturated rings. The maximum Gasteiger partial charge on any atom is 0.338 e. The van der Waals surface area contributed by atoms with Gasteiger partial charge in [0.2, 0.25) is 5.91 Å². The Labute approximate surface area is 182 Å². The summed E-state index contributed by atoms with van der Waals surface area (Å²) in [5.74, 6) is -0.919. The van der Waals surface area contributed by atoms with Crippen molar-refractivity contribution in [3.63, 3.8) is 0 Å². The number of nitro benzene ring substituents is 1. The minimum Gasteiger partial charge on any atom is -0.457 e. The van der Waals surface area contributed by atoms with Crippen LogP contribution >= 0.6 is 11.8 Å². The van der Waals surface area contributed by atoms with Crippen molar-refractivity contribution in [2.75, 3.05) is 0 Å². The molecule has 0 aromatic heterocycles. The van der Waals surface area contributed by atoms with Gasteiger partial charge in [0.25, 0.3) is 5.69 Å². The molecule has 0 bridgehead atoms. The highest BCUT2D eigenvalue weighted by Gasteiger charge is 2.48. The largest absolute Gasteiger partial charge is 0.457 e. The van der Waals surface area contributed by atoms with Gasteiger partial charge in [-0.2, -0.15) is 0 Å². The number of amidine groups is 1. The molecule has 2 aliphatic rings. The van der Waals surface area contributed by atoms with E-state index in [1.165, 1.54) is 22.7 Å². The monoisotopic (exact) mass is 437 g/mol. The van der Waals surface area contributed by atoms with Gasteiger partial charge in [-0.05, 0) is 25.5 Å². The highest BCUT2D eigenvalue weighted by Crippen LogP contribution is 2.45. The lowest BCUT2D eigenvalue weighted by Gasteiger charge is -2.32. The molecular formula is C22H19N3O5S. The van der Waals surface area contributed by atoms with Gasteiger partial charge in [-0.15, -0.1) is 0 Å². The SMILES string of the molecule is CC1=C(C(=O)OCc2ccccc2)C(c2ccccc2[N+](=O)[O-])N2C(=O)C(C)SC2=N1. The Bertz CT molecular complexity index is 1130. The van der Waals surface area contributed by atoms with Crippen LogP contribution in [0.2, 0.25) is 0 Å². The fourth-order valence-corrected chi connectivity index (χ4v) is 4.67. The third-order valence-corrected chi connectivity index (χ3v) is 6.17. The van der Waals surface area contributed by atoms with Gasteiger partial charge < -0.3 is 4.74 Å². The van der Waals surface area contributed by atoms with Gasteiger partial charge in [-0.25, -0.2) is 9.79 Å². The number of carbonyl (C=O) groups excluding carboxylic acids is 2. The van der Waals surface area contributed by atoms with Gasteiger partial charge in [0.05, 0.1) is 27.0 Å². The molecule has 31 heavy (non-hydrogen) atoms. The molecule has 9 heteroatoms. The van der Waals surface area contributed by atoms with E-state index < -0.39 is 22.2 Å². The predicted molar refractivity (Wildman–Crippen MR) is 116 cm³/mol. The molecule has 0 saturated carbocycles. The number of para-hydroxylation sites is 1. The average molecular weight is 437 g/mol. The molecule has 158 valence electrons. The molecule has 2 aromatic carbocycles. The van der Waals surface area contributed by atoms with E-state index in [2.05, 4.69) is 4.99 Å². The lowest BCUT2D eigenvalue weighted by Crippen LogP contribution is -2.40. The Kier molecular flexibility index (Phi) is 5.60. The number of thioether (sulfide) groups is 1. The van der Waals surface area contributed by atoms with E-state index in [9.17, 15) is 19.7 Å². The minimum atomic E-state index is -0.984. The number of allylic oxidation sites excluding steroid dienone is 1. The van der Waals surface area contributed by atoms with Gasteiger partial charge in [-0.1, -0.05) is 54.2 Å². The van der Waals surface area contributed by atoms with Crippen LogP contribution in [-0.2, 0) is 20.9 Å². The van der Waals surface area contributed by atoms with E-state index in [1.54, 1.807) is 32.0 Å². The van der Waals surface area contributed by atoms with Gasteiger partial charge >= 0.3 is 5.97 Å². The van der Waals surface area contributed by atoms with Gasteiger partial charge in [0.15, 0.2) is 5.17 Å². The van der Waals surface area contributed by atoms with Gasteiger partial charge in [-0.3, -0.25) is 19.8 Å². The molecule has 1 amide bonds. The number of hydrogen-bond donors (Lipinski definition) is 0. The van der Waals surface area contributed by atoms with Crippen molar-refractivity contribution in [3.8, 4) is 0 Å². The second-order valence-electron chi connectivity index (χ2n) is 7.14. The zero-order chi connectivity index (χ0) is 22.1. The Morgan fingerprint density at radius 1 is 1.19 bits per heavy atom. The van der Waals surface area contributed by atoms with Crippen LogP contribution < -0.4 is 0 Å². The Balaban J connectivity index is 1.78. The number of rotatable bonds is 5. The Morgan fingerprint density at radius 2 is 1.87 bits per heavy atom. The summed E-state index contributed by atoms with van der Waals surface area (Å²) in [6, 6.07) is 14.3. The van der Waals surface area contributed by atoms with Crippen molar-refractivity contribution in [1.29, 1.82) is 0 Å². The van der Waals surface area contributed by atoms with Gasteiger partial charge in [0, 0.05) is 6.07 Å². The van der Waals surface area contributed by atoms with Crippen molar-refractivity contribution in [3.05, 3.63) is 87.1 Å². The van der Waals surface area contributed by atoms with Crippen LogP contribution in [-0.4, -0.2) is 32.1 Å². The van der Waals surface area contributed by atoms with Crippen LogP contribution in [0.5, 0.6) is 0 Å². The Morgan fingerprint density at radius 3 is 2.58 bits per heavy atom. The number of aliphatic imine (C=N–C) groups is 1. The second-order valence-corrected chi connectivity index (χ2v) is 8.45. The van der Waals surface area contributed by atoms with E-state index in [-0.39, 0.29) is 29.3 Å². The van der Waals surface area contributed by atoms with Crippen molar-refractivity contribution < 1.29 is 19.2 Å². The average Bonchev–Trinajstić information content (AvgIpc) is 3.04. The number of fused-ring (bicyclic) bond motifs is 1. The molecule has 0 radical (unpaired) electrons. The van der Waals surface area contributed by atoms with Crippen molar-refractivity contribution in [2.24, 2.45) is 4.99 Å². The first-order valence-corrected chi connectivity index (χ1v) is 10.5. The summed E-state index contributed by atoms with van der Waals surface area (Å²) in [4.78, 5) is 43.1. The molecule has 2 unspecified atom stereocenters. The number of amides is 1. The van der Waals surface area contributed by atoms with Crippen LogP contribution in [0.1, 0.15) is 31.0 Å². The molecule has 0 aliphatic carbocycles. The van der Waals surface area contributed by atoms with Crippen LogP contribution in [0.3, 0.4) is 0 Å². The third-order valence-electron chi connectivity index (χ3n) is 5.12. The highest BCUT2D eigenvalue weighted by molar-refractivity contribution is 8.15. The number of benzene rings is 2. The molecule has 2 heterocycles. The Hall–Kier alpha value is -3.46. The zero-order valence-electron chi connectivity index (χ0n) is 16.8. The van der Waals surface area contributed by atoms with Crippen molar-refractivity contribution >= 4 is 34.5 Å². The molecule has 0 N–H and O–H groups in total. The molecule has 1 saturated heterocycles. The molecule has 2 aromatic rings. The van der Waals surface area contributed by atoms with E-state index in [1.807, 2.05) is 30.3 Å². The van der Waals surface area contributed by atoms with Crippen molar-refractivity contribution in [1.82, 2.24) is 4.90 Å². The van der Waals surface area contributed by atoms with E-state index >= 15 is 0 Å². The fourth-order valence-electron chi connectivity index (χ4n) is 3.64. The summed E-state index contributed by atoms with van der Waals surface area (Å²) in [6.45, 7) is 3.43. The molecule has 2 aliphatic heterocycles. The topological polar surface area (TPSA) is 102 Å². The maximum atomic E-state index is 13.2. The fraction of sp³-hybridized carbons (Fsp3) is 0.227. The van der Waals surface area contributed by atoms with E-state index in [0.717, 1.165) is 5.56 Å². The predicted octanol–water partition coefficient (Wildman–Crippen LogP) is 3.99. The van der Waals surface area contributed by atoms with Crippen LogP contribution in [0, 0.1) is 10.1 Å². The molecule has 8 nitrogen and oxygen atoms in total. The normalized spacial score (nSPS) is 20.4.